The van der Waals surface area contributed by atoms with Crippen LogP contribution in [0.4, 0.5) is 5.13 Å². The summed E-state index contributed by atoms with van der Waals surface area (Å²) in [6.45, 7) is 1.05. The Kier molecular flexibility index (Phi) is 6.49. The number of benzene rings is 3. The van der Waals surface area contributed by atoms with Crippen molar-refractivity contribution >= 4 is 61.2 Å². The molecule has 0 fully saturated rings. The smallest absolute Gasteiger partial charge is 0.268 e. The second-order valence-corrected chi connectivity index (χ2v) is 9.18. The fourth-order valence-corrected chi connectivity index (χ4v) is 4.75. The summed E-state index contributed by atoms with van der Waals surface area (Å²) in [5.41, 5.74) is 2.58. The summed E-state index contributed by atoms with van der Waals surface area (Å²) in [5.74, 6) is 0.249. The molecule has 0 radical (unpaired) electrons. The maximum atomic E-state index is 12.8. The number of fused-ring (bicyclic) bond motifs is 2. The Bertz CT molecular complexity index is 1560. The van der Waals surface area contributed by atoms with E-state index < -0.39 is 5.91 Å². The van der Waals surface area contributed by atoms with Crippen LogP contribution in [0.25, 0.3) is 27.2 Å². The van der Waals surface area contributed by atoms with Gasteiger partial charge in [0, 0.05) is 27.7 Å². The van der Waals surface area contributed by atoms with E-state index in [1.165, 1.54) is 11.3 Å². The van der Waals surface area contributed by atoms with Crippen molar-refractivity contribution in [1.29, 1.82) is 5.26 Å². The zero-order valence-electron chi connectivity index (χ0n) is 18.4. The SMILES string of the molecule is N#C/C(=C\c1cn(CCOc2ccc(Cl)cc2)c2ccccc12)C(=O)Nc1nc2ccccc2s1. The number of aromatic nitrogens is 2. The van der Waals surface area contributed by atoms with Crippen LogP contribution < -0.4 is 10.1 Å². The minimum Gasteiger partial charge on any atom is -0.492 e. The molecule has 35 heavy (non-hydrogen) atoms. The molecule has 0 aliphatic carbocycles. The molecule has 0 saturated carbocycles. The Morgan fingerprint density at radius 1 is 1.11 bits per heavy atom. The van der Waals surface area contributed by atoms with E-state index in [1.807, 2.05) is 72.9 Å². The summed E-state index contributed by atoms with van der Waals surface area (Å²) in [5, 5.41) is 14.5. The van der Waals surface area contributed by atoms with Crippen LogP contribution in [0.5, 0.6) is 5.75 Å². The third-order valence-electron chi connectivity index (χ3n) is 5.41. The highest BCUT2D eigenvalue weighted by atomic mass is 35.5. The van der Waals surface area contributed by atoms with Crippen molar-refractivity contribution in [2.45, 2.75) is 6.54 Å². The van der Waals surface area contributed by atoms with Crippen LogP contribution >= 0.6 is 22.9 Å². The van der Waals surface area contributed by atoms with Crippen LogP contribution in [0.1, 0.15) is 5.56 Å². The first kappa shape index (κ1) is 22.7. The van der Waals surface area contributed by atoms with E-state index in [9.17, 15) is 10.1 Å². The molecule has 2 aromatic heterocycles. The van der Waals surface area contributed by atoms with Gasteiger partial charge in [-0.15, -0.1) is 0 Å². The number of ether oxygens (including phenoxy) is 1. The lowest BCUT2D eigenvalue weighted by Gasteiger charge is -2.08. The van der Waals surface area contributed by atoms with Gasteiger partial charge in [-0.2, -0.15) is 5.26 Å². The topological polar surface area (TPSA) is 79.9 Å². The number of hydrogen-bond donors (Lipinski definition) is 1. The molecule has 5 rings (SSSR count). The first-order chi connectivity index (χ1) is 17.1. The van der Waals surface area contributed by atoms with Gasteiger partial charge in [-0.3, -0.25) is 10.1 Å². The van der Waals surface area contributed by atoms with Crippen molar-refractivity contribution in [2.75, 3.05) is 11.9 Å². The molecule has 0 unspecified atom stereocenters. The average Bonchev–Trinajstić information content (AvgIpc) is 3.44. The molecular weight excluding hydrogens is 480 g/mol. The van der Waals surface area contributed by atoms with Gasteiger partial charge in [-0.05, 0) is 48.5 Å². The highest BCUT2D eigenvalue weighted by molar-refractivity contribution is 7.22. The standard InChI is InChI=1S/C27H19ClN4O2S/c28-20-9-11-21(12-10-20)34-14-13-32-17-19(22-5-1-3-7-24(22)32)15-18(16-29)26(33)31-27-30-23-6-2-4-8-25(23)35-27/h1-12,15,17H,13-14H2,(H,30,31,33)/b18-15+. The molecule has 5 aromatic rings. The molecule has 0 saturated heterocycles. The molecule has 0 spiro atoms. The van der Waals surface area contributed by atoms with Crippen LogP contribution in [-0.2, 0) is 11.3 Å². The molecule has 8 heteroatoms. The van der Waals surface area contributed by atoms with E-state index in [-0.39, 0.29) is 5.57 Å². The number of halogens is 1. The number of amides is 1. The summed E-state index contributed by atoms with van der Waals surface area (Å²) < 4.78 is 8.86. The Labute approximate surface area is 210 Å². The summed E-state index contributed by atoms with van der Waals surface area (Å²) in [4.78, 5) is 17.3. The highest BCUT2D eigenvalue weighted by Crippen LogP contribution is 2.27. The highest BCUT2D eigenvalue weighted by Gasteiger charge is 2.15. The van der Waals surface area contributed by atoms with Gasteiger partial charge in [0.05, 0.1) is 16.8 Å². The van der Waals surface area contributed by atoms with E-state index in [0.29, 0.717) is 23.3 Å². The second kappa shape index (κ2) is 10.0. The summed E-state index contributed by atoms with van der Waals surface area (Å²) in [6.07, 6.45) is 3.54. The Hall–Kier alpha value is -4.12. The van der Waals surface area contributed by atoms with E-state index in [4.69, 9.17) is 16.3 Å². The minimum atomic E-state index is -0.491. The maximum Gasteiger partial charge on any atom is 0.268 e. The molecule has 6 nitrogen and oxygen atoms in total. The van der Waals surface area contributed by atoms with Crippen molar-refractivity contribution in [3.8, 4) is 11.8 Å². The third-order valence-corrected chi connectivity index (χ3v) is 6.62. The molecule has 1 amide bonds. The predicted octanol–water partition coefficient (Wildman–Crippen LogP) is 6.53. The third kappa shape index (κ3) is 5.04. The zero-order valence-corrected chi connectivity index (χ0v) is 20.0. The van der Waals surface area contributed by atoms with Crippen LogP contribution in [-0.4, -0.2) is 22.1 Å². The quantitative estimate of drug-likeness (QED) is 0.204. The van der Waals surface area contributed by atoms with Crippen molar-refractivity contribution in [1.82, 2.24) is 9.55 Å². The Morgan fingerprint density at radius 2 is 1.89 bits per heavy atom. The van der Waals surface area contributed by atoms with E-state index in [0.717, 1.165) is 32.4 Å². The molecule has 2 heterocycles. The Morgan fingerprint density at radius 3 is 2.69 bits per heavy atom. The molecule has 0 aliphatic heterocycles. The van der Waals surface area contributed by atoms with Crippen molar-refractivity contribution in [2.24, 2.45) is 0 Å². The van der Waals surface area contributed by atoms with E-state index >= 15 is 0 Å². The van der Waals surface area contributed by atoms with Crippen LogP contribution in [0.3, 0.4) is 0 Å². The summed E-state index contributed by atoms with van der Waals surface area (Å²) in [7, 11) is 0. The average molecular weight is 499 g/mol. The molecule has 0 atom stereocenters. The number of nitriles is 1. The van der Waals surface area contributed by atoms with Gasteiger partial charge in [-0.25, -0.2) is 4.98 Å². The van der Waals surface area contributed by atoms with E-state index in [2.05, 4.69) is 14.9 Å². The van der Waals surface area contributed by atoms with Gasteiger partial charge in [0.15, 0.2) is 5.13 Å². The molecule has 172 valence electrons. The van der Waals surface area contributed by atoms with Gasteiger partial charge in [-0.1, -0.05) is 53.3 Å². The van der Waals surface area contributed by atoms with Crippen molar-refractivity contribution in [3.63, 3.8) is 0 Å². The normalized spacial score (nSPS) is 11.5. The first-order valence-electron chi connectivity index (χ1n) is 10.9. The van der Waals surface area contributed by atoms with E-state index in [1.54, 1.807) is 18.2 Å². The lowest BCUT2D eigenvalue weighted by molar-refractivity contribution is -0.112. The van der Waals surface area contributed by atoms with Gasteiger partial charge in [0.2, 0.25) is 0 Å². The van der Waals surface area contributed by atoms with Gasteiger partial charge < -0.3 is 9.30 Å². The molecular formula is C27H19ClN4O2S. The lowest BCUT2D eigenvalue weighted by Crippen LogP contribution is -2.13. The summed E-state index contributed by atoms with van der Waals surface area (Å²) in [6, 6.07) is 24.7. The molecule has 3 aromatic carbocycles. The number of carbonyl (C=O) groups is 1. The maximum absolute atomic E-state index is 12.8. The van der Waals surface area contributed by atoms with Crippen molar-refractivity contribution < 1.29 is 9.53 Å². The molecule has 0 bridgehead atoms. The largest absolute Gasteiger partial charge is 0.492 e. The fraction of sp³-hybridized carbons (Fsp3) is 0.0741. The molecule has 1 N–H and O–H groups in total. The Balaban J connectivity index is 1.36. The zero-order chi connectivity index (χ0) is 24.2. The number of carbonyl (C=O) groups excluding carboxylic acids is 1. The minimum absolute atomic E-state index is 0.00423. The summed E-state index contributed by atoms with van der Waals surface area (Å²) >= 11 is 7.30. The monoisotopic (exact) mass is 498 g/mol. The fourth-order valence-electron chi connectivity index (χ4n) is 3.76. The first-order valence-corrected chi connectivity index (χ1v) is 12.0. The van der Waals surface area contributed by atoms with Gasteiger partial charge in [0.25, 0.3) is 5.91 Å². The van der Waals surface area contributed by atoms with Gasteiger partial charge >= 0.3 is 0 Å². The van der Waals surface area contributed by atoms with Crippen molar-refractivity contribution in [3.05, 3.63) is 95.2 Å². The number of nitrogens with zero attached hydrogens (tertiary/aromatic N) is 3. The number of rotatable bonds is 7. The number of para-hydroxylation sites is 2. The number of nitrogens with one attached hydrogen (secondary N) is 1. The number of thiazole rings is 1. The van der Waals surface area contributed by atoms with Crippen LogP contribution in [0, 0.1) is 11.3 Å². The predicted molar refractivity (Wildman–Crippen MR) is 141 cm³/mol. The van der Waals surface area contributed by atoms with Crippen LogP contribution in [0.15, 0.2) is 84.6 Å². The van der Waals surface area contributed by atoms with Gasteiger partial charge in [0.1, 0.15) is 24.0 Å². The van der Waals surface area contributed by atoms with Crippen LogP contribution in [0.2, 0.25) is 5.02 Å². The lowest BCUT2D eigenvalue weighted by atomic mass is 10.1. The number of hydrogen-bond acceptors (Lipinski definition) is 5. The second-order valence-electron chi connectivity index (χ2n) is 7.71. The number of anilines is 1. The molecule has 0 aliphatic rings.